The van der Waals surface area contributed by atoms with Crippen molar-refractivity contribution in [3.8, 4) is 22.3 Å². The topological polar surface area (TPSA) is 3.24 Å². The van der Waals surface area contributed by atoms with E-state index < -0.39 is 0 Å². The van der Waals surface area contributed by atoms with Crippen molar-refractivity contribution >= 4 is 38.6 Å². The summed E-state index contributed by atoms with van der Waals surface area (Å²) < 4.78 is 0. The molecule has 0 radical (unpaired) electrons. The quantitative estimate of drug-likeness (QED) is 0.181. The van der Waals surface area contributed by atoms with Gasteiger partial charge in [0.1, 0.15) is 0 Å². The average Bonchev–Trinajstić information content (AvgIpc) is 3.22. The molecule has 224 valence electrons. The number of hydrogen-bond acceptors (Lipinski definition) is 1. The second kappa shape index (κ2) is 9.46. The van der Waals surface area contributed by atoms with Crippen LogP contribution in [0.4, 0.5) is 17.1 Å². The molecular formula is C46H35N. The van der Waals surface area contributed by atoms with Crippen molar-refractivity contribution in [1.82, 2.24) is 0 Å². The number of para-hydroxylation sites is 1. The number of rotatable bonds is 4. The fourth-order valence-electron chi connectivity index (χ4n) is 10.8. The molecule has 47 heavy (non-hydrogen) atoms. The van der Waals surface area contributed by atoms with Crippen molar-refractivity contribution < 1.29 is 0 Å². The Morgan fingerprint density at radius 1 is 0.468 bits per heavy atom. The summed E-state index contributed by atoms with van der Waals surface area (Å²) in [5.74, 6) is 3.22. The van der Waals surface area contributed by atoms with Crippen LogP contribution in [0.15, 0.2) is 152 Å². The highest BCUT2D eigenvalue weighted by Crippen LogP contribution is 2.85. The SMILES string of the molecule is c1ccc(N(c2ccc(-c3cc4ccccc4c4ccccc34)cc2)c2cccc3c2-c2ccccc2C2CC4CC5CC3C452)cc1. The molecule has 5 atom stereocenters. The average molecular weight is 602 g/mol. The minimum absolute atomic E-state index is 0.516. The molecule has 0 N–H and O–H groups in total. The molecule has 11 rings (SSSR count). The molecule has 4 aliphatic carbocycles. The number of anilines is 3. The van der Waals surface area contributed by atoms with Crippen LogP contribution in [0.3, 0.4) is 0 Å². The van der Waals surface area contributed by atoms with Crippen molar-refractivity contribution in [2.75, 3.05) is 4.90 Å². The van der Waals surface area contributed by atoms with Crippen molar-refractivity contribution in [3.63, 3.8) is 0 Å². The minimum Gasteiger partial charge on any atom is -0.310 e. The Kier molecular flexibility index (Phi) is 5.23. The molecule has 1 nitrogen and oxygen atoms in total. The van der Waals surface area contributed by atoms with Gasteiger partial charge in [0.2, 0.25) is 0 Å². The van der Waals surface area contributed by atoms with Gasteiger partial charge in [-0.1, -0.05) is 115 Å². The Balaban J connectivity index is 1.10. The van der Waals surface area contributed by atoms with Crippen LogP contribution in [-0.2, 0) is 0 Å². The zero-order valence-corrected chi connectivity index (χ0v) is 26.3. The standard InChI is InChI=1S/C46H35N/c1-2-12-33(13-3-1)47(34-23-21-29(22-24-34)41-25-30-11-4-5-14-35(30)36-15-6-7-16-37(36)41)44-20-10-19-40-43-28-32-26-31-27-42(46(31,32)43)38-17-8-9-18-39(38)45(40)44/h1-25,31-32,42-43H,26-28H2. The molecule has 5 unspecified atom stereocenters. The Morgan fingerprint density at radius 2 is 1.11 bits per heavy atom. The first kappa shape index (κ1) is 26.0. The van der Waals surface area contributed by atoms with Gasteiger partial charge in [-0.15, -0.1) is 0 Å². The second-order valence-electron chi connectivity index (χ2n) is 14.4. The van der Waals surface area contributed by atoms with Crippen LogP contribution in [0.25, 0.3) is 43.8 Å². The molecule has 7 aromatic carbocycles. The first-order valence-electron chi connectivity index (χ1n) is 17.4. The summed E-state index contributed by atoms with van der Waals surface area (Å²) in [7, 11) is 0. The van der Waals surface area contributed by atoms with Crippen LogP contribution in [0.1, 0.15) is 42.2 Å². The molecule has 7 aromatic rings. The molecule has 0 aliphatic heterocycles. The van der Waals surface area contributed by atoms with Gasteiger partial charge in [-0.25, -0.2) is 0 Å². The molecule has 3 fully saturated rings. The van der Waals surface area contributed by atoms with Gasteiger partial charge in [0.25, 0.3) is 0 Å². The summed E-state index contributed by atoms with van der Waals surface area (Å²) in [6.07, 6.45) is 4.19. The maximum atomic E-state index is 2.51. The van der Waals surface area contributed by atoms with Crippen LogP contribution < -0.4 is 4.90 Å². The largest absolute Gasteiger partial charge is 0.310 e. The normalized spacial score (nSPS) is 24.4. The molecule has 1 heteroatoms. The lowest BCUT2D eigenvalue weighted by atomic mass is 9.25. The first-order valence-corrected chi connectivity index (χ1v) is 17.4. The predicted octanol–water partition coefficient (Wildman–Crippen LogP) is 12.4. The third-order valence-electron chi connectivity index (χ3n) is 12.7. The lowest BCUT2D eigenvalue weighted by Crippen LogP contribution is -2.70. The van der Waals surface area contributed by atoms with Gasteiger partial charge in [-0.05, 0) is 134 Å². The molecule has 0 aromatic heterocycles. The highest BCUT2D eigenvalue weighted by atomic mass is 15.1. The highest BCUT2D eigenvalue weighted by Gasteiger charge is 2.76. The smallest absolute Gasteiger partial charge is 0.0543 e. The van der Waals surface area contributed by atoms with E-state index in [0.717, 1.165) is 11.8 Å². The van der Waals surface area contributed by atoms with Gasteiger partial charge in [0.05, 0.1) is 5.69 Å². The van der Waals surface area contributed by atoms with Crippen LogP contribution in [0.2, 0.25) is 0 Å². The van der Waals surface area contributed by atoms with Gasteiger partial charge in [-0.2, -0.15) is 0 Å². The predicted molar refractivity (Wildman–Crippen MR) is 196 cm³/mol. The fourth-order valence-corrected chi connectivity index (χ4v) is 10.8. The summed E-state index contributed by atoms with van der Waals surface area (Å²) >= 11 is 0. The van der Waals surface area contributed by atoms with Crippen LogP contribution in [0.5, 0.6) is 0 Å². The van der Waals surface area contributed by atoms with Gasteiger partial charge in [0, 0.05) is 16.9 Å². The maximum absolute atomic E-state index is 2.51. The van der Waals surface area contributed by atoms with Crippen LogP contribution >= 0.6 is 0 Å². The summed E-state index contributed by atoms with van der Waals surface area (Å²) in [5.41, 5.74) is 12.8. The Hall–Kier alpha value is -5.14. The molecule has 0 amide bonds. The van der Waals surface area contributed by atoms with Crippen molar-refractivity contribution in [3.05, 3.63) is 163 Å². The molecule has 1 spiro atoms. The third-order valence-corrected chi connectivity index (χ3v) is 12.7. The van der Waals surface area contributed by atoms with E-state index in [9.17, 15) is 0 Å². The third kappa shape index (κ3) is 3.34. The van der Waals surface area contributed by atoms with Gasteiger partial charge >= 0.3 is 0 Å². The maximum Gasteiger partial charge on any atom is 0.0543 e. The van der Waals surface area contributed by atoms with E-state index in [1.165, 1.54) is 80.1 Å². The number of fused-ring (bicyclic) bond motifs is 8. The van der Waals surface area contributed by atoms with E-state index in [-0.39, 0.29) is 0 Å². The molecule has 4 aliphatic rings. The van der Waals surface area contributed by atoms with E-state index in [1.807, 2.05) is 0 Å². The Morgan fingerprint density at radius 3 is 1.91 bits per heavy atom. The van der Waals surface area contributed by atoms with E-state index in [4.69, 9.17) is 0 Å². The summed E-state index contributed by atoms with van der Waals surface area (Å²) in [4.78, 5) is 2.51. The van der Waals surface area contributed by atoms with E-state index >= 15 is 0 Å². The van der Waals surface area contributed by atoms with Crippen LogP contribution in [-0.4, -0.2) is 0 Å². The second-order valence-corrected chi connectivity index (χ2v) is 14.4. The Bertz CT molecular complexity index is 2360. The zero-order chi connectivity index (χ0) is 30.7. The van der Waals surface area contributed by atoms with E-state index in [1.54, 1.807) is 11.1 Å². The van der Waals surface area contributed by atoms with Gasteiger partial charge < -0.3 is 4.90 Å². The Labute approximate surface area is 276 Å². The van der Waals surface area contributed by atoms with Crippen molar-refractivity contribution in [2.24, 2.45) is 17.3 Å². The molecular weight excluding hydrogens is 567 g/mol. The summed E-state index contributed by atoms with van der Waals surface area (Å²) in [6.45, 7) is 0. The number of hydrogen-bond donors (Lipinski definition) is 0. The molecule has 0 heterocycles. The van der Waals surface area contributed by atoms with Gasteiger partial charge in [-0.3, -0.25) is 0 Å². The number of nitrogens with zero attached hydrogens (tertiary/aromatic N) is 1. The van der Waals surface area contributed by atoms with E-state index in [0.29, 0.717) is 17.3 Å². The fraction of sp³-hybridized carbons (Fsp3) is 0.174. The number of benzene rings is 7. The first-order chi connectivity index (χ1) is 23.3. The molecule has 0 saturated heterocycles. The molecule has 0 bridgehead atoms. The summed E-state index contributed by atoms with van der Waals surface area (Å²) in [6, 6.07) is 56.8. The minimum atomic E-state index is 0.516. The zero-order valence-electron chi connectivity index (χ0n) is 26.3. The lowest BCUT2D eigenvalue weighted by molar-refractivity contribution is -0.252. The summed E-state index contributed by atoms with van der Waals surface area (Å²) in [5, 5.41) is 5.19. The van der Waals surface area contributed by atoms with Crippen molar-refractivity contribution in [1.29, 1.82) is 0 Å². The highest BCUT2D eigenvalue weighted by molar-refractivity contribution is 6.13. The van der Waals surface area contributed by atoms with E-state index in [2.05, 4.69) is 157 Å². The lowest BCUT2D eigenvalue weighted by Gasteiger charge is -2.78. The monoisotopic (exact) mass is 601 g/mol. The van der Waals surface area contributed by atoms with Gasteiger partial charge in [0.15, 0.2) is 0 Å². The van der Waals surface area contributed by atoms with Crippen LogP contribution in [0, 0.1) is 17.3 Å². The molecule has 3 saturated carbocycles. The van der Waals surface area contributed by atoms with Crippen molar-refractivity contribution in [2.45, 2.75) is 31.1 Å².